The molecule has 0 spiro atoms. The van der Waals surface area contributed by atoms with E-state index in [1.54, 1.807) is 0 Å². The number of esters is 3. The highest BCUT2D eigenvalue weighted by Gasteiger charge is 2.45. The van der Waals surface area contributed by atoms with Gasteiger partial charge in [-0.1, -0.05) is 13.8 Å². The standard InChI is InChI=1S/C15H24O7/c1-6-12-7-8(2)13(19-9(3)16)14(20-10(4)17)15(22-12)21-11(5)18/h8,12-15H,6-7H2,1-5H3/t8-,12+,13+,14+,15?/m0/s1. The second kappa shape index (κ2) is 8.12. The molecule has 1 fully saturated rings. The molecule has 1 saturated heterocycles. The van der Waals surface area contributed by atoms with Crippen LogP contribution in [0, 0.1) is 5.92 Å². The van der Waals surface area contributed by atoms with Crippen LogP contribution in [0.5, 0.6) is 0 Å². The first kappa shape index (κ1) is 18.4. The molecule has 7 nitrogen and oxygen atoms in total. The molecule has 0 bridgehead atoms. The van der Waals surface area contributed by atoms with Crippen molar-refractivity contribution in [2.75, 3.05) is 0 Å². The van der Waals surface area contributed by atoms with Crippen LogP contribution in [0.25, 0.3) is 0 Å². The summed E-state index contributed by atoms with van der Waals surface area (Å²) in [5.74, 6) is -1.73. The Labute approximate surface area is 130 Å². The second-order valence-electron chi connectivity index (χ2n) is 5.51. The lowest BCUT2D eigenvalue weighted by atomic mass is 9.94. The molecule has 0 N–H and O–H groups in total. The third kappa shape index (κ3) is 5.29. The summed E-state index contributed by atoms with van der Waals surface area (Å²) in [6.45, 7) is 7.58. The highest BCUT2D eigenvalue weighted by molar-refractivity contribution is 5.68. The number of carbonyl (C=O) groups is 3. The molecule has 0 aromatic heterocycles. The van der Waals surface area contributed by atoms with Crippen LogP contribution in [-0.4, -0.2) is 42.5 Å². The van der Waals surface area contributed by atoms with Crippen LogP contribution in [0.3, 0.4) is 0 Å². The quantitative estimate of drug-likeness (QED) is 0.574. The van der Waals surface area contributed by atoms with Crippen molar-refractivity contribution in [2.45, 2.75) is 72.1 Å². The molecule has 0 aliphatic carbocycles. The minimum atomic E-state index is -1.10. The molecule has 1 heterocycles. The van der Waals surface area contributed by atoms with E-state index in [0.29, 0.717) is 12.8 Å². The zero-order chi connectivity index (χ0) is 16.9. The average Bonchev–Trinajstić information content (AvgIpc) is 2.49. The fourth-order valence-corrected chi connectivity index (χ4v) is 2.56. The van der Waals surface area contributed by atoms with Gasteiger partial charge in [0.2, 0.25) is 12.4 Å². The van der Waals surface area contributed by atoms with Crippen LogP contribution in [0.15, 0.2) is 0 Å². The second-order valence-corrected chi connectivity index (χ2v) is 5.51. The number of hydrogen-bond acceptors (Lipinski definition) is 7. The van der Waals surface area contributed by atoms with Gasteiger partial charge in [-0.25, -0.2) is 0 Å². The number of carbonyl (C=O) groups excluding carboxylic acids is 3. The van der Waals surface area contributed by atoms with E-state index < -0.39 is 36.4 Å². The minimum Gasteiger partial charge on any atom is -0.458 e. The molecule has 0 amide bonds. The Morgan fingerprint density at radius 1 is 0.955 bits per heavy atom. The van der Waals surface area contributed by atoms with E-state index >= 15 is 0 Å². The molecule has 7 heteroatoms. The Kier molecular flexibility index (Phi) is 6.80. The van der Waals surface area contributed by atoms with Crippen LogP contribution in [0.2, 0.25) is 0 Å². The average molecular weight is 316 g/mol. The van der Waals surface area contributed by atoms with Crippen molar-refractivity contribution >= 4 is 17.9 Å². The molecular formula is C15H24O7. The Morgan fingerprint density at radius 3 is 1.91 bits per heavy atom. The first-order valence-electron chi connectivity index (χ1n) is 7.41. The molecular weight excluding hydrogens is 292 g/mol. The van der Waals surface area contributed by atoms with Crippen molar-refractivity contribution in [3.8, 4) is 0 Å². The van der Waals surface area contributed by atoms with Crippen molar-refractivity contribution < 1.29 is 33.3 Å². The zero-order valence-electron chi connectivity index (χ0n) is 13.7. The third-order valence-electron chi connectivity index (χ3n) is 3.46. The Bertz CT molecular complexity index is 420. The predicted octanol–water partition coefficient (Wildman–Crippen LogP) is 1.57. The number of rotatable bonds is 4. The summed E-state index contributed by atoms with van der Waals surface area (Å²) in [6, 6.07) is 0. The van der Waals surface area contributed by atoms with Gasteiger partial charge in [0.25, 0.3) is 0 Å². The Hall–Kier alpha value is -1.63. The number of hydrogen-bond donors (Lipinski definition) is 0. The lowest BCUT2D eigenvalue weighted by molar-refractivity contribution is -0.232. The van der Waals surface area contributed by atoms with E-state index in [1.807, 2.05) is 13.8 Å². The largest absolute Gasteiger partial charge is 0.458 e. The van der Waals surface area contributed by atoms with E-state index in [2.05, 4.69) is 0 Å². The summed E-state index contributed by atoms with van der Waals surface area (Å²) in [5.41, 5.74) is 0. The van der Waals surface area contributed by atoms with Gasteiger partial charge in [0.1, 0.15) is 6.10 Å². The summed E-state index contributed by atoms with van der Waals surface area (Å²) >= 11 is 0. The van der Waals surface area contributed by atoms with Crippen LogP contribution in [0.4, 0.5) is 0 Å². The highest BCUT2D eigenvalue weighted by Crippen LogP contribution is 2.30. The van der Waals surface area contributed by atoms with Crippen molar-refractivity contribution in [3.05, 3.63) is 0 Å². The SMILES string of the molecule is CC[C@@H]1C[C@H](C)[C@@H](OC(C)=O)[C@@H](OC(C)=O)C(OC(C)=O)O1. The van der Waals surface area contributed by atoms with Crippen molar-refractivity contribution in [3.63, 3.8) is 0 Å². The highest BCUT2D eigenvalue weighted by atomic mass is 16.7. The van der Waals surface area contributed by atoms with E-state index in [0.717, 1.165) is 0 Å². The van der Waals surface area contributed by atoms with E-state index in [9.17, 15) is 14.4 Å². The van der Waals surface area contributed by atoms with Crippen molar-refractivity contribution in [2.24, 2.45) is 5.92 Å². The molecule has 0 radical (unpaired) electrons. The fraction of sp³-hybridized carbons (Fsp3) is 0.800. The summed E-state index contributed by atoms with van der Waals surface area (Å²) in [4.78, 5) is 34.1. The molecule has 0 aromatic carbocycles. The molecule has 5 atom stereocenters. The van der Waals surface area contributed by atoms with Gasteiger partial charge in [-0.05, 0) is 18.8 Å². The lowest BCUT2D eigenvalue weighted by Crippen LogP contribution is -2.47. The molecule has 1 aliphatic heterocycles. The summed E-state index contributed by atoms with van der Waals surface area (Å²) in [6.07, 6.45) is -1.70. The van der Waals surface area contributed by atoms with Gasteiger partial charge in [-0.3, -0.25) is 14.4 Å². The third-order valence-corrected chi connectivity index (χ3v) is 3.46. The van der Waals surface area contributed by atoms with Gasteiger partial charge in [0.05, 0.1) is 6.10 Å². The first-order valence-corrected chi connectivity index (χ1v) is 7.41. The molecule has 1 unspecified atom stereocenters. The smallest absolute Gasteiger partial charge is 0.305 e. The van der Waals surface area contributed by atoms with E-state index in [4.69, 9.17) is 18.9 Å². The lowest BCUT2D eigenvalue weighted by Gasteiger charge is -2.31. The van der Waals surface area contributed by atoms with Gasteiger partial charge < -0.3 is 18.9 Å². The van der Waals surface area contributed by atoms with Gasteiger partial charge in [0, 0.05) is 20.8 Å². The summed E-state index contributed by atoms with van der Waals surface area (Å²) in [7, 11) is 0. The van der Waals surface area contributed by atoms with Gasteiger partial charge in [-0.2, -0.15) is 0 Å². The molecule has 0 saturated carbocycles. The van der Waals surface area contributed by atoms with Crippen molar-refractivity contribution in [1.82, 2.24) is 0 Å². The summed E-state index contributed by atoms with van der Waals surface area (Å²) in [5, 5.41) is 0. The fourth-order valence-electron chi connectivity index (χ4n) is 2.56. The Morgan fingerprint density at radius 2 is 1.45 bits per heavy atom. The van der Waals surface area contributed by atoms with E-state index in [1.165, 1.54) is 20.8 Å². The van der Waals surface area contributed by atoms with Crippen molar-refractivity contribution in [1.29, 1.82) is 0 Å². The van der Waals surface area contributed by atoms with Crippen LogP contribution < -0.4 is 0 Å². The topological polar surface area (TPSA) is 88.1 Å². The molecule has 126 valence electrons. The molecule has 0 aromatic rings. The van der Waals surface area contributed by atoms with Crippen LogP contribution >= 0.6 is 0 Å². The molecule has 22 heavy (non-hydrogen) atoms. The maximum atomic E-state index is 11.4. The minimum absolute atomic E-state index is 0.112. The monoisotopic (exact) mass is 316 g/mol. The van der Waals surface area contributed by atoms with E-state index in [-0.39, 0.29) is 12.0 Å². The predicted molar refractivity (Wildman–Crippen MR) is 75.6 cm³/mol. The molecule has 1 rings (SSSR count). The van der Waals surface area contributed by atoms with Crippen LogP contribution in [-0.2, 0) is 33.3 Å². The summed E-state index contributed by atoms with van der Waals surface area (Å²) < 4.78 is 21.5. The van der Waals surface area contributed by atoms with Crippen LogP contribution in [0.1, 0.15) is 47.5 Å². The first-order chi connectivity index (χ1) is 10.2. The molecule has 1 aliphatic rings. The maximum absolute atomic E-state index is 11.4. The van der Waals surface area contributed by atoms with Gasteiger partial charge in [-0.15, -0.1) is 0 Å². The zero-order valence-corrected chi connectivity index (χ0v) is 13.7. The van der Waals surface area contributed by atoms with Gasteiger partial charge >= 0.3 is 17.9 Å². The van der Waals surface area contributed by atoms with Gasteiger partial charge in [0.15, 0.2) is 0 Å². The Balaban J connectivity index is 3.12. The number of ether oxygens (including phenoxy) is 4. The maximum Gasteiger partial charge on any atom is 0.305 e. The normalized spacial score (nSPS) is 31.8.